The molecule has 0 aliphatic carbocycles. The van der Waals surface area contributed by atoms with Gasteiger partial charge in [0.05, 0.1) is 0 Å². The topological polar surface area (TPSA) is 66.5 Å². The lowest BCUT2D eigenvalue weighted by Gasteiger charge is -2.03. The summed E-state index contributed by atoms with van der Waals surface area (Å²) in [5, 5.41) is 17.5. The predicted octanol–water partition coefficient (Wildman–Crippen LogP) is -0.993. The monoisotopic (exact) mass is 183 g/mol. The molecule has 0 amide bonds. The van der Waals surface area contributed by atoms with Gasteiger partial charge in [0.25, 0.3) is 0 Å². The third-order valence-electron chi connectivity index (χ3n) is 1.79. The molecule has 1 rings (SSSR count). The fourth-order valence-corrected chi connectivity index (χ4v) is 1.08. The molecule has 0 aliphatic heterocycles. The highest BCUT2D eigenvalue weighted by Crippen LogP contribution is 2.05. The van der Waals surface area contributed by atoms with Gasteiger partial charge >= 0.3 is 7.12 Å². The van der Waals surface area contributed by atoms with Crippen LogP contribution >= 0.6 is 0 Å². The van der Waals surface area contributed by atoms with Crippen LogP contribution in [0, 0.1) is 5.82 Å². The summed E-state index contributed by atoms with van der Waals surface area (Å²) in [7, 11) is -1.62. The maximum atomic E-state index is 13.1. The summed E-state index contributed by atoms with van der Waals surface area (Å²) in [6, 6.07) is 4.09. The molecule has 0 spiro atoms. The first-order valence-electron chi connectivity index (χ1n) is 3.99. The molecule has 0 bridgehead atoms. The second-order valence-electron chi connectivity index (χ2n) is 2.76. The van der Waals surface area contributed by atoms with Crippen molar-refractivity contribution in [2.24, 2.45) is 5.73 Å². The fourth-order valence-electron chi connectivity index (χ4n) is 1.08. The Kier molecular flexibility index (Phi) is 3.42. The molecule has 0 saturated carbocycles. The second-order valence-corrected chi connectivity index (χ2v) is 2.76. The maximum Gasteiger partial charge on any atom is 0.488 e. The third kappa shape index (κ3) is 2.52. The van der Waals surface area contributed by atoms with Gasteiger partial charge in [-0.3, -0.25) is 0 Å². The van der Waals surface area contributed by atoms with Crippen molar-refractivity contribution in [2.75, 3.05) is 6.54 Å². The lowest BCUT2D eigenvalue weighted by Crippen LogP contribution is -2.30. The molecular formula is C8H11BFNO2. The summed E-state index contributed by atoms with van der Waals surface area (Å²) in [5.41, 5.74) is 5.91. The van der Waals surface area contributed by atoms with E-state index in [0.717, 1.165) is 6.07 Å². The molecule has 13 heavy (non-hydrogen) atoms. The molecule has 3 nitrogen and oxygen atoms in total. The van der Waals surface area contributed by atoms with Crippen LogP contribution in [0.1, 0.15) is 5.56 Å². The summed E-state index contributed by atoms with van der Waals surface area (Å²) >= 11 is 0. The molecule has 1 aromatic carbocycles. The lowest BCUT2D eigenvalue weighted by molar-refractivity contribution is 0.425. The van der Waals surface area contributed by atoms with Gasteiger partial charge in [0, 0.05) is 0 Å². The van der Waals surface area contributed by atoms with Crippen molar-refractivity contribution in [2.45, 2.75) is 6.42 Å². The Bertz CT molecular complexity index is 293. The standard InChI is InChI=1S/C8H11BFNO2/c10-8-5-7(9(12)13)2-1-6(8)3-4-11/h1-2,5,12-13H,3-4,11H2. The van der Waals surface area contributed by atoms with Gasteiger partial charge in [0.2, 0.25) is 0 Å². The summed E-state index contributed by atoms with van der Waals surface area (Å²) in [4.78, 5) is 0. The Morgan fingerprint density at radius 3 is 2.54 bits per heavy atom. The fraction of sp³-hybridized carbons (Fsp3) is 0.250. The molecule has 0 saturated heterocycles. The van der Waals surface area contributed by atoms with E-state index < -0.39 is 12.9 Å². The van der Waals surface area contributed by atoms with Crippen molar-refractivity contribution >= 4 is 12.6 Å². The number of hydrogen-bond donors (Lipinski definition) is 3. The molecule has 1 aromatic rings. The van der Waals surface area contributed by atoms with Crippen LogP contribution in [-0.4, -0.2) is 23.7 Å². The molecule has 5 heteroatoms. The van der Waals surface area contributed by atoms with Gasteiger partial charge in [-0.2, -0.15) is 0 Å². The van der Waals surface area contributed by atoms with Crippen molar-refractivity contribution in [1.29, 1.82) is 0 Å². The smallest absolute Gasteiger partial charge is 0.423 e. The summed E-state index contributed by atoms with van der Waals surface area (Å²) in [6.45, 7) is 0.373. The molecule has 0 atom stereocenters. The summed E-state index contributed by atoms with van der Waals surface area (Å²) in [6.07, 6.45) is 0.452. The summed E-state index contributed by atoms with van der Waals surface area (Å²) in [5.74, 6) is -0.448. The average molecular weight is 183 g/mol. The van der Waals surface area contributed by atoms with Crippen LogP contribution in [0.15, 0.2) is 18.2 Å². The van der Waals surface area contributed by atoms with E-state index in [9.17, 15) is 4.39 Å². The van der Waals surface area contributed by atoms with Crippen molar-refractivity contribution in [3.8, 4) is 0 Å². The minimum atomic E-state index is -1.62. The first-order valence-corrected chi connectivity index (χ1v) is 3.99. The van der Waals surface area contributed by atoms with Crippen LogP contribution < -0.4 is 11.2 Å². The number of rotatable bonds is 3. The molecule has 0 aliphatic rings. The maximum absolute atomic E-state index is 13.1. The van der Waals surface area contributed by atoms with E-state index >= 15 is 0 Å². The van der Waals surface area contributed by atoms with Gasteiger partial charge in [-0.15, -0.1) is 0 Å². The zero-order valence-electron chi connectivity index (χ0n) is 7.07. The van der Waals surface area contributed by atoms with E-state index in [0.29, 0.717) is 18.5 Å². The predicted molar refractivity (Wildman–Crippen MR) is 49.0 cm³/mol. The molecular weight excluding hydrogens is 172 g/mol. The van der Waals surface area contributed by atoms with E-state index in [1.807, 2.05) is 0 Å². The Balaban J connectivity index is 2.92. The first-order chi connectivity index (χ1) is 6.15. The van der Waals surface area contributed by atoms with E-state index in [4.69, 9.17) is 15.8 Å². The number of hydrogen-bond acceptors (Lipinski definition) is 3. The van der Waals surface area contributed by atoms with Crippen molar-refractivity contribution in [3.63, 3.8) is 0 Å². The SMILES string of the molecule is NCCc1ccc(B(O)O)cc1F. The Labute approximate surface area is 76.1 Å². The largest absolute Gasteiger partial charge is 0.488 e. The van der Waals surface area contributed by atoms with Crippen LogP contribution in [0.25, 0.3) is 0 Å². The minimum absolute atomic E-state index is 0.151. The Morgan fingerprint density at radius 1 is 1.38 bits per heavy atom. The lowest BCUT2D eigenvalue weighted by atomic mass is 9.80. The molecule has 4 N–H and O–H groups in total. The van der Waals surface area contributed by atoms with Gasteiger partial charge < -0.3 is 15.8 Å². The van der Waals surface area contributed by atoms with Crippen LogP contribution in [0.5, 0.6) is 0 Å². The van der Waals surface area contributed by atoms with Gasteiger partial charge in [-0.25, -0.2) is 4.39 Å². The molecule has 0 fully saturated rings. The van der Waals surface area contributed by atoms with Crippen LogP contribution in [0.3, 0.4) is 0 Å². The van der Waals surface area contributed by atoms with Gasteiger partial charge in [-0.05, 0) is 30.1 Å². The minimum Gasteiger partial charge on any atom is -0.423 e. The zero-order valence-corrected chi connectivity index (χ0v) is 7.07. The molecule has 0 aromatic heterocycles. The van der Waals surface area contributed by atoms with Crippen molar-refractivity contribution in [3.05, 3.63) is 29.6 Å². The van der Waals surface area contributed by atoms with Crippen LogP contribution in [-0.2, 0) is 6.42 Å². The van der Waals surface area contributed by atoms with Gasteiger partial charge in [0.15, 0.2) is 0 Å². The quantitative estimate of drug-likeness (QED) is 0.527. The number of halogens is 1. The molecule has 0 heterocycles. The van der Waals surface area contributed by atoms with E-state index in [1.54, 1.807) is 0 Å². The van der Waals surface area contributed by atoms with Crippen molar-refractivity contribution in [1.82, 2.24) is 0 Å². The Hall–Kier alpha value is -0.905. The normalized spacial score (nSPS) is 10.2. The van der Waals surface area contributed by atoms with Crippen LogP contribution in [0.4, 0.5) is 4.39 Å². The highest BCUT2D eigenvalue weighted by Gasteiger charge is 2.12. The Morgan fingerprint density at radius 2 is 2.08 bits per heavy atom. The van der Waals surface area contributed by atoms with Crippen molar-refractivity contribution < 1.29 is 14.4 Å². The highest BCUT2D eigenvalue weighted by molar-refractivity contribution is 6.58. The average Bonchev–Trinajstić information content (AvgIpc) is 2.08. The second kappa shape index (κ2) is 4.36. The van der Waals surface area contributed by atoms with E-state index in [1.165, 1.54) is 12.1 Å². The molecule has 0 unspecified atom stereocenters. The van der Waals surface area contributed by atoms with Gasteiger partial charge in [-0.1, -0.05) is 12.1 Å². The van der Waals surface area contributed by atoms with Crippen LogP contribution in [0.2, 0.25) is 0 Å². The first kappa shape index (κ1) is 10.2. The van der Waals surface area contributed by atoms with E-state index in [-0.39, 0.29) is 5.46 Å². The highest BCUT2D eigenvalue weighted by atomic mass is 19.1. The molecule has 0 radical (unpaired) electrons. The molecule has 70 valence electrons. The zero-order chi connectivity index (χ0) is 9.84. The van der Waals surface area contributed by atoms with E-state index in [2.05, 4.69) is 0 Å². The van der Waals surface area contributed by atoms with Gasteiger partial charge in [0.1, 0.15) is 5.82 Å². The summed E-state index contributed by atoms with van der Waals surface area (Å²) < 4.78 is 13.1. The number of nitrogens with two attached hydrogens (primary N) is 1. The number of benzene rings is 1. The third-order valence-corrected chi connectivity index (χ3v) is 1.79.